The third-order valence-electron chi connectivity index (χ3n) is 16.9. The number of nitrogens with zero attached hydrogens (tertiary/aromatic N) is 4. The fraction of sp³-hybridized carbons (Fsp3) is 0.108. The van der Waals surface area contributed by atoms with Crippen molar-refractivity contribution in [3.8, 4) is 16.8 Å². The average molecular weight is 1030 g/mol. The molecule has 2 aliphatic rings. The number of anilines is 9. The Balaban J connectivity index is 1.01. The summed E-state index contributed by atoms with van der Waals surface area (Å²) in [5.41, 5.74) is 24.1. The van der Waals surface area contributed by atoms with Gasteiger partial charge in [-0.2, -0.15) is 0 Å². The minimum absolute atomic E-state index is 0.00201. The minimum Gasteiger partial charge on any atom is -0.456 e. The molecule has 5 nitrogen and oxygen atoms in total. The van der Waals surface area contributed by atoms with Gasteiger partial charge in [0.15, 0.2) is 0 Å². The molecule has 4 heterocycles. The highest BCUT2D eigenvalue weighted by Crippen LogP contribution is 2.50. The lowest BCUT2D eigenvalue weighted by molar-refractivity contribution is 0.590. The van der Waals surface area contributed by atoms with Gasteiger partial charge in [-0.25, -0.2) is 0 Å². The third-order valence-corrected chi connectivity index (χ3v) is 16.9. The van der Waals surface area contributed by atoms with Crippen molar-refractivity contribution < 1.29 is 4.42 Å². The van der Waals surface area contributed by atoms with Crippen molar-refractivity contribution in [3.05, 3.63) is 260 Å². The number of fused-ring (bicyclic) bond motifs is 11. The van der Waals surface area contributed by atoms with Crippen LogP contribution in [0.2, 0.25) is 0 Å². The highest BCUT2D eigenvalue weighted by atomic mass is 16.3. The summed E-state index contributed by atoms with van der Waals surface area (Å²) in [5, 5.41) is 4.64. The van der Waals surface area contributed by atoms with E-state index in [1.165, 1.54) is 71.9 Å². The van der Waals surface area contributed by atoms with Crippen molar-refractivity contribution in [1.29, 1.82) is 0 Å². The molecule has 2 aromatic heterocycles. The van der Waals surface area contributed by atoms with Crippen LogP contribution in [0.5, 0.6) is 0 Å². The summed E-state index contributed by atoms with van der Waals surface area (Å²) in [7, 11) is 0. The van der Waals surface area contributed by atoms with Crippen molar-refractivity contribution in [3.63, 3.8) is 0 Å². The normalized spacial score (nSPS) is 13.1. The molecule has 0 amide bonds. The smallest absolute Gasteiger partial charge is 0.252 e. The number of para-hydroxylation sites is 3. The Morgan fingerprint density at radius 2 is 0.938 bits per heavy atom. The molecule has 0 atom stereocenters. The molecule has 0 fully saturated rings. The molecule has 0 aliphatic carbocycles. The van der Waals surface area contributed by atoms with Gasteiger partial charge in [-0.1, -0.05) is 181 Å². The molecule has 0 N–H and O–H groups in total. The van der Waals surface area contributed by atoms with Gasteiger partial charge in [0.25, 0.3) is 6.71 Å². The minimum atomic E-state index is -0.109. The topological polar surface area (TPSA) is 27.8 Å². The number of hydrogen-bond acceptors (Lipinski definition) is 4. The molecule has 13 aromatic rings. The zero-order chi connectivity index (χ0) is 54.0. The van der Waals surface area contributed by atoms with E-state index in [0.29, 0.717) is 0 Å². The number of benzene rings is 11. The first-order valence-corrected chi connectivity index (χ1v) is 28.0. The summed E-state index contributed by atoms with van der Waals surface area (Å²) >= 11 is 0. The summed E-state index contributed by atoms with van der Waals surface area (Å²) < 4.78 is 8.89. The van der Waals surface area contributed by atoms with Crippen LogP contribution >= 0.6 is 0 Å². The molecule has 2 aliphatic heterocycles. The first-order chi connectivity index (χ1) is 39.0. The summed E-state index contributed by atoms with van der Waals surface area (Å²) in [6, 6.07) is 92.2. The Labute approximate surface area is 468 Å². The van der Waals surface area contributed by atoms with Gasteiger partial charge in [0.2, 0.25) is 0 Å². The van der Waals surface area contributed by atoms with Gasteiger partial charge in [-0.05, 0) is 159 Å². The standard InChI is InChI=1S/C74H59BN4O/c1-73(2,3)50-31-35-53(36-32-50)78-65-28-18-29-66-71(65)75(62-42-43-64-70(72(62)79(66)54-37-33-51(34-38-54)74(4,5)6)59-26-13-15-27-63(59)77(64)52-22-11-8-12-23-52)61-41-39-57(47-67(61)78)76(55-24-17-21-49(45-55)48-19-9-7-10-20-48)56-40-44-69-60(46-56)58-25-14-16-30-68(58)80-69/h7-47H,1-6H3. The molecule has 384 valence electrons. The van der Waals surface area contributed by atoms with Crippen LogP contribution in [-0.2, 0) is 10.8 Å². The third kappa shape index (κ3) is 7.53. The van der Waals surface area contributed by atoms with E-state index in [-0.39, 0.29) is 17.5 Å². The van der Waals surface area contributed by atoms with E-state index in [1.807, 2.05) is 6.07 Å². The van der Waals surface area contributed by atoms with Gasteiger partial charge in [-0.15, -0.1) is 0 Å². The highest BCUT2D eigenvalue weighted by molar-refractivity contribution is 7.00. The molecular weight excluding hydrogens is 972 g/mol. The van der Waals surface area contributed by atoms with Gasteiger partial charge in [0.1, 0.15) is 11.2 Å². The number of furan rings is 1. The van der Waals surface area contributed by atoms with Crippen LogP contribution < -0.4 is 31.1 Å². The van der Waals surface area contributed by atoms with Crippen LogP contribution in [0.1, 0.15) is 52.7 Å². The van der Waals surface area contributed by atoms with Crippen LogP contribution in [-0.4, -0.2) is 11.3 Å². The number of hydrogen-bond donors (Lipinski definition) is 0. The predicted molar refractivity (Wildman–Crippen MR) is 340 cm³/mol. The second-order valence-electron chi connectivity index (χ2n) is 23.8. The van der Waals surface area contributed by atoms with Gasteiger partial charge in [0.05, 0.1) is 16.7 Å². The fourth-order valence-corrected chi connectivity index (χ4v) is 13.0. The molecule has 11 aromatic carbocycles. The van der Waals surface area contributed by atoms with Crippen LogP contribution in [0.4, 0.5) is 51.2 Å². The van der Waals surface area contributed by atoms with Crippen LogP contribution in [0.15, 0.2) is 253 Å². The zero-order valence-electron chi connectivity index (χ0n) is 45.9. The SMILES string of the molecule is CC(C)(C)c1ccc(N2c3cc(N(c4cccc(-c5ccccc5)c4)c4ccc5oc6ccccc6c5c4)ccc3B3c4ccc5c(c4N(c4ccc(C(C)(C)C)cc4)c4cccc2c43)c2ccccc2n5-c2ccccc2)cc1. The molecule has 0 radical (unpaired) electrons. The Morgan fingerprint density at radius 1 is 0.375 bits per heavy atom. The lowest BCUT2D eigenvalue weighted by Crippen LogP contribution is -2.61. The van der Waals surface area contributed by atoms with Gasteiger partial charge < -0.3 is 23.7 Å². The molecule has 15 rings (SSSR count). The average Bonchev–Trinajstić information content (AvgIpc) is 4.18. The molecule has 0 unspecified atom stereocenters. The Kier molecular flexibility index (Phi) is 10.7. The second-order valence-corrected chi connectivity index (χ2v) is 23.8. The summed E-state index contributed by atoms with van der Waals surface area (Å²) in [6.45, 7) is 13.7. The Hall–Kier alpha value is -9.52. The van der Waals surface area contributed by atoms with Gasteiger partial charge in [-0.3, -0.25) is 0 Å². The van der Waals surface area contributed by atoms with Crippen LogP contribution in [0.3, 0.4) is 0 Å². The van der Waals surface area contributed by atoms with E-state index < -0.39 is 0 Å². The van der Waals surface area contributed by atoms with E-state index in [4.69, 9.17) is 4.42 Å². The van der Waals surface area contributed by atoms with E-state index in [1.54, 1.807) is 0 Å². The van der Waals surface area contributed by atoms with Crippen molar-refractivity contribution >= 4 is 118 Å². The lowest BCUT2D eigenvalue weighted by Gasteiger charge is -2.44. The van der Waals surface area contributed by atoms with E-state index in [2.05, 4.69) is 303 Å². The molecule has 0 saturated carbocycles. The van der Waals surface area contributed by atoms with Crippen LogP contribution in [0.25, 0.3) is 60.6 Å². The second kappa shape index (κ2) is 18.0. The maximum Gasteiger partial charge on any atom is 0.252 e. The summed E-state index contributed by atoms with van der Waals surface area (Å²) in [5.74, 6) is 0. The fourth-order valence-electron chi connectivity index (χ4n) is 13.0. The number of aromatic nitrogens is 1. The van der Waals surface area contributed by atoms with E-state index >= 15 is 0 Å². The Bertz CT molecular complexity index is 4560. The van der Waals surface area contributed by atoms with Crippen molar-refractivity contribution in [2.24, 2.45) is 0 Å². The van der Waals surface area contributed by atoms with E-state index in [0.717, 1.165) is 67.3 Å². The number of rotatable bonds is 7. The monoisotopic (exact) mass is 1030 g/mol. The van der Waals surface area contributed by atoms with Gasteiger partial charge in [0, 0.05) is 72.7 Å². The lowest BCUT2D eigenvalue weighted by atomic mass is 9.33. The van der Waals surface area contributed by atoms with E-state index in [9.17, 15) is 0 Å². The molecule has 6 heteroatoms. The van der Waals surface area contributed by atoms with Crippen molar-refractivity contribution in [1.82, 2.24) is 4.57 Å². The molecule has 80 heavy (non-hydrogen) atoms. The quantitative estimate of drug-likeness (QED) is 0.149. The maximum absolute atomic E-state index is 6.44. The molecule has 0 bridgehead atoms. The van der Waals surface area contributed by atoms with Crippen molar-refractivity contribution in [2.75, 3.05) is 14.7 Å². The highest BCUT2D eigenvalue weighted by Gasteiger charge is 2.45. The van der Waals surface area contributed by atoms with Crippen molar-refractivity contribution in [2.45, 2.75) is 52.4 Å². The predicted octanol–water partition coefficient (Wildman–Crippen LogP) is 18.5. The first kappa shape index (κ1) is 47.7. The zero-order valence-corrected chi connectivity index (χ0v) is 45.9. The Morgan fingerprint density at radius 3 is 1.66 bits per heavy atom. The molecule has 0 saturated heterocycles. The van der Waals surface area contributed by atoms with Crippen LogP contribution in [0, 0.1) is 0 Å². The summed E-state index contributed by atoms with van der Waals surface area (Å²) in [4.78, 5) is 7.55. The summed E-state index contributed by atoms with van der Waals surface area (Å²) in [6.07, 6.45) is 0. The van der Waals surface area contributed by atoms with Gasteiger partial charge >= 0.3 is 0 Å². The maximum atomic E-state index is 6.44. The molecule has 0 spiro atoms. The largest absolute Gasteiger partial charge is 0.456 e. The molecular formula is C74H59BN4O. The first-order valence-electron chi connectivity index (χ1n) is 28.0.